The maximum atomic E-state index is 13.2. The number of piperidine rings is 1. The van der Waals surface area contributed by atoms with E-state index in [1.165, 1.54) is 18.2 Å². The molecule has 0 bridgehead atoms. The van der Waals surface area contributed by atoms with Gasteiger partial charge in [0.2, 0.25) is 0 Å². The molecular formula is C15H17FN2O3. The zero-order chi connectivity index (χ0) is 15.0. The Morgan fingerprint density at radius 1 is 1.33 bits per heavy atom. The summed E-state index contributed by atoms with van der Waals surface area (Å²) in [5, 5.41) is 10.1. The predicted molar refractivity (Wildman–Crippen MR) is 72.8 cm³/mol. The normalized spacial score (nSPS) is 23.4. The number of hydrogen-bond acceptors (Lipinski definition) is 3. The highest BCUT2D eigenvalue weighted by atomic mass is 19.1. The summed E-state index contributed by atoms with van der Waals surface area (Å²) >= 11 is 0. The Kier molecular flexibility index (Phi) is 3.63. The SMILES string of the molecule is O=C1[C@@H]2CCCCN2C(=O)N1C[C@@H](O)c1cccc(F)c1. The van der Waals surface area contributed by atoms with Crippen LogP contribution in [0.2, 0.25) is 0 Å². The van der Waals surface area contributed by atoms with Crippen LogP contribution in [0.1, 0.15) is 30.9 Å². The third kappa shape index (κ3) is 2.51. The minimum Gasteiger partial charge on any atom is -0.387 e. The average molecular weight is 292 g/mol. The maximum Gasteiger partial charge on any atom is 0.327 e. The van der Waals surface area contributed by atoms with Crippen LogP contribution < -0.4 is 0 Å². The lowest BCUT2D eigenvalue weighted by atomic mass is 10.0. The number of aliphatic hydroxyl groups excluding tert-OH is 1. The monoisotopic (exact) mass is 292 g/mol. The van der Waals surface area contributed by atoms with E-state index in [1.54, 1.807) is 11.0 Å². The van der Waals surface area contributed by atoms with E-state index in [4.69, 9.17) is 0 Å². The number of β-amino-alcohol motifs (C(OH)–C–C–N with tert-alkyl or cyclic N) is 1. The summed E-state index contributed by atoms with van der Waals surface area (Å²) in [5.41, 5.74) is 0.362. The molecule has 1 aromatic carbocycles. The van der Waals surface area contributed by atoms with Crippen molar-refractivity contribution in [1.82, 2.24) is 9.80 Å². The maximum absolute atomic E-state index is 13.2. The molecule has 1 N–H and O–H groups in total. The lowest BCUT2D eigenvalue weighted by Gasteiger charge is -2.26. The molecular weight excluding hydrogens is 275 g/mol. The third-order valence-electron chi connectivity index (χ3n) is 4.12. The zero-order valence-electron chi connectivity index (χ0n) is 11.5. The fourth-order valence-electron chi connectivity index (χ4n) is 3.01. The molecule has 6 heteroatoms. The van der Waals surface area contributed by atoms with Crippen LogP contribution in [0.5, 0.6) is 0 Å². The van der Waals surface area contributed by atoms with Crippen molar-refractivity contribution < 1.29 is 19.1 Å². The van der Waals surface area contributed by atoms with E-state index in [1.807, 2.05) is 0 Å². The summed E-state index contributed by atoms with van der Waals surface area (Å²) < 4.78 is 13.2. The van der Waals surface area contributed by atoms with Crippen molar-refractivity contribution in [2.45, 2.75) is 31.4 Å². The van der Waals surface area contributed by atoms with Crippen molar-refractivity contribution in [3.8, 4) is 0 Å². The van der Waals surface area contributed by atoms with Crippen LogP contribution in [0.3, 0.4) is 0 Å². The Morgan fingerprint density at radius 3 is 2.86 bits per heavy atom. The van der Waals surface area contributed by atoms with Crippen LogP contribution in [-0.4, -0.2) is 46.0 Å². The number of carbonyl (C=O) groups is 2. The fraction of sp³-hybridized carbons (Fsp3) is 0.467. The minimum atomic E-state index is -1.07. The first kappa shape index (κ1) is 14.0. The molecule has 2 fully saturated rings. The van der Waals surface area contributed by atoms with Gasteiger partial charge in [-0.2, -0.15) is 0 Å². The van der Waals surface area contributed by atoms with Gasteiger partial charge in [-0.1, -0.05) is 12.1 Å². The molecule has 2 saturated heterocycles. The number of fused-ring (bicyclic) bond motifs is 1. The second-order valence-corrected chi connectivity index (χ2v) is 5.51. The molecule has 2 heterocycles. The first-order valence-corrected chi connectivity index (χ1v) is 7.13. The van der Waals surface area contributed by atoms with Crippen molar-refractivity contribution >= 4 is 11.9 Å². The van der Waals surface area contributed by atoms with E-state index in [9.17, 15) is 19.1 Å². The summed E-state index contributed by atoms with van der Waals surface area (Å²) in [6.07, 6.45) is 1.43. The standard InChI is InChI=1S/C15H17FN2O3/c16-11-5-3-4-10(8-11)13(19)9-18-14(20)12-6-1-2-7-17(12)15(18)21/h3-5,8,12-13,19H,1-2,6-7,9H2/t12-,13+/m0/s1. The summed E-state index contributed by atoms with van der Waals surface area (Å²) in [6, 6.07) is 4.83. The molecule has 2 aliphatic heterocycles. The summed E-state index contributed by atoms with van der Waals surface area (Å²) in [6.45, 7) is 0.454. The zero-order valence-corrected chi connectivity index (χ0v) is 11.5. The van der Waals surface area contributed by atoms with Crippen molar-refractivity contribution in [3.63, 3.8) is 0 Å². The highest BCUT2D eigenvalue weighted by molar-refractivity contribution is 6.04. The number of rotatable bonds is 3. The summed E-state index contributed by atoms with van der Waals surface area (Å²) in [4.78, 5) is 27.2. The van der Waals surface area contributed by atoms with E-state index in [-0.39, 0.29) is 24.5 Å². The Balaban J connectivity index is 1.75. The van der Waals surface area contributed by atoms with Crippen molar-refractivity contribution in [2.24, 2.45) is 0 Å². The molecule has 0 spiro atoms. The Bertz CT molecular complexity index is 554. The number of aliphatic hydroxyl groups is 1. The van der Waals surface area contributed by atoms with E-state index in [0.29, 0.717) is 18.5 Å². The summed E-state index contributed by atoms with van der Waals surface area (Å²) in [7, 11) is 0. The van der Waals surface area contributed by atoms with Gasteiger partial charge in [0, 0.05) is 6.54 Å². The van der Waals surface area contributed by atoms with Crippen molar-refractivity contribution in [1.29, 1.82) is 0 Å². The molecule has 2 aliphatic rings. The van der Waals surface area contributed by atoms with Gasteiger partial charge >= 0.3 is 6.03 Å². The van der Waals surface area contributed by atoms with Crippen LogP contribution in [0.25, 0.3) is 0 Å². The number of nitrogens with zero attached hydrogens (tertiary/aromatic N) is 2. The second kappa shape index (κ2) is 5.44. The Hall–Kier alpha value is -1.95. The quantitative estimate of drug-likeness (QED) is 0.862. The van der Waals surface area contributed by atoms with Gasteiger partial charge in [-0.05, 0) is 37.0 Å². The largest absolute Gasteiger partial charge is 0.387 e. The lowest BCUT2D eigenvalue weighted by Crippen LogP contribution is -2.39. The van der Waals surface area contributed by atoms with E-state index in [2.05, 4.69) is 0 Å². The van der Waals surface area contributed by atoms with E-state index >= 15 is 0 Å². The number of amides is 3. The van der Waals surface area contributed by atoms with Gasteiger partial charge in [-0.3, -0.25) is 9.69 Å². The Morgan fingerprint density at radius 2 is 2.14 bits per heavy atom. The molecule has 0 radical (unpaired) electrons. The first-order chi connectivity index (χ1) is 10.1. The average Bonchev–Trinajstić information content (AvgIpc) is 2.73. The van der Waals surface area contributed by atoms with Crippen LogP contribution in [0.15, 0.2) is 24.3 Å². The van der Waals surface area contributed by atoms with Crippen LogP contribution in [0.4, 0.5) is 9.18 Å². The molecule has 0 unspecified atom stereocenters. The highest BCUT2D eigenvalue weighted by Gasteiger charge is 2.46. The van der Waals surface area contributed by atoms with Gasteiger partial charge in [-0.15, -0.1) is 0 Å². The van der Waals surface area contributed by atoms with Gasteiger partial charge < -0.3 is 10.0 Å². The molecule has 0 aliphatic carbocycles. The summed E-state index contributed by atoms with van der Waals surface area (Å²) in [5.74, 6) is -0.710. The van der Waals surface area contributed by atoms with E-state index < -0.39 is 11.9 Å². The molecule has 3 rings (SSSR count). The molecule has 21 heavy (non-hydrogen) atoms. The number of hydrogen-bond donors (Lipinski definition) is 1. The minimum absolute atomic E-state index is 0.131. The predicted octanol–water partition coefficient (Wildman–Crippen LogP) is 1.68. The molecule has 2 atom stereocenters. The molecule has 0 aromatic heterocycles. The van der Waals surface area contributed by atoms with Gasteiger partial charge in [0.25, 0.3) is 5.91 Å². The highest BCUT2D eigenvalue weighted by Crippen LogP contribution is 2.28. The number of carbonyl (C=O) groups excluding carboxylic acids is 2. The van der Waals surface area contributed by atoms with Crippen molar-refractivity contribution in [2.75, 3.05) is 13.1 Å². The number of imide groups is 1. The third-order valence-corrected chi connectivity index (χ3v) is 4.12. The lowest BCUT2D eigenvalue weighted by molar-refractivity contribution is -0.129. The van der Waals surface area contributed by atoms with Gasteiger partial charge in [0.05, 0.1) is 12.6 Å². The molecule has 5 nitrogen and oxygen atoms in total. The number of halogens is 1. The topological polar surface area (TPSA) is 60.9 Å². The smallest absolute Gasteiger partial charge is 0.327 e. The molecule has 1 aromatic rings. The van der Waals surface area contributed by atoms with Gasteiger partial charge in [0.1, 0.15) is 11.9 Å². The molecule has 0 saturated carbocycles. The van der Waals surface area contributed by atoms with E-state index in [0.717, 1.165) is 17.7 Å². The number of urea groups is 1. The van der Waals surface area contributed by atoms with Crippen LogP contribution >= 0.6 is 0 Å². The van der Waals surface area contributed by atoms with Crippen molar-refractivity contribution in [3.05, 3.63) is 35.6 Å². The Labute approximate surface area is 122 Å². The fourth-order valence-corrected chi connectivity index (χ4v) is 3.01. The van der Waals surface area contributed by atoms with Crippen LogP contribution in [-0.2, 0) is 4.79 Å². The first-order valence-electron chi connectivity index (χ1n) is 7.13. The van der Waals surface area contributed by atoms with Gasteiger partial charge in [0.15, 0.2) is 0 Å². The molecule has 3 amide bonds. The van der Waals surface area contributed by atoms with Gasteiger partial charge in [-0.25, -0.2) is 9.18 Å². The second-order valence-electron chi connectivity index (χ2n) is 5.51. The molecule has 112 valence electrons. The van der Waals surface area contributed by atoms with Crippen LogP contribution in [0, 0.1) is 5.82 Å². The number of benzene rings is 1.